The van der Waals surface area contributed by atoms with Gasteiger partial charge in [-0.2, -0.15) is 0 Å². The Labute approximate surface area is 76.8 Å². The highest BCUT2D eigenvalue weighted by atomic mass is 35.5. The van der Waals surface area contributed by atoms with Crippen LogP contribution in [0.1, 0.15) is 0 Å². The lowest BCUT2D eigenvalue weighted by atomic mass is 10.3. The lowest BCUT2D eigenvalue weighted by Crippen LogP contribution is -1.81. The molecule has 2 aromatic rings. The number of thiazole rings is 1. The number of fused-ring (bicyclic) bond motifs is 1. The minimum absolute atomic E-state index is 0.293. The van der Waals surface area contributed by atoms with Crippen LogP contribution in [0.2, 0.25) is 5.02 Å². The van der Waals surface area contributed by atoms with E-state index in [9.17, 15) is 4.39 Å². The molecule has 0 radical (unpaired) electrons. The van der Waals surface area contributed by atoms with Gasteiger partial charge in [0.2, 0.25) is 0 Å². The van der Waals surface area contributed by atoms with E-state index in [1.54, 1.807) is 6.07 Å². The largest absolute Gasteiger partial charge is 0.375 e. The van der Waals surface area contributed by atoms with Crippen molar-refractivity contribution in [3.05, 3.63) is 23.0 Å². The zero-order valence-electron chi connectivity index (χ0n) is 5.84. The van der Waals surface area contributed by atoms with Gasteiger partial charge in [-0.25, -0.2) is 9.37 Å². The van der Waals surface area contributed by atoms with Crippen LogP contribution in [0.15, 0.2) is 12.1 Å². The van der Waals surface area contributed by atoms with E-state index in [4.69, 9.17) is 17.3 Å². The summed E-state index contributed by atoms with van der Waals surface area (Å²) < 4.78 is 13.7. The molecule has 0 aliphatic carbocycles. The SMILES string of the molecule is Nc1nc2c(F)cc(Cl)cc2s1. The van der Waals surface area contributed by atoms with Gasteiger partial charge < -0.3 is 5.73 Å². The van der Waals surface area contributed by atoms with Crippen molar-refractivity contribution >= 4 is 38.3 Å². The molecule has 0 unspecified atom stereocenters. The Kier molecular flexibility index (Phi) is 1.66. The van der Waals surface area contributed by atoms with Crippen LogP contribution < -0.4 is 5.73 Å². The molecule has 1 aromatic carbocycles. The van der Waals surface area contributed by atoms with Gasteiger partial charge in [0.25, 0.3) is 0 Å². The molecule has 1 aromatic heterocycles. The summed E-state index contributed by atoms with van der Waals surface area (Å²) in [6.45, 7) is 0. The lowest BCUT2D eigenvalue weighted by molar-refractivity contribution is 0.637. The number of rotatable bonds is 0. The van der Waals surface area contributed by atoms with Crippen LogP contribution in [0, 0.1) is 5.82 Å². The van der Waals surface area contributed by atoms with E-state index in [2.05, 4.69) is 4.98 Å². The molecule has 12 heavy (non-hydrogen) atoms. The van der Waals surface area contributed by atoms with E-state index in [1.807, 2.05) is 0 Å². The first-order chi connectivity index (χ1) is 5.66. The number of nitrogen functional groups attached to an aromatic ring is 1. The molecule has 0 aliphatic heterocycles. The fraction of sp³-hybridized carbons (Fsp3) is 0. The Hall–Kier alpha value is -0.870. The molecule has 0 atom stereocenters. The zero-order valence-corrected chi connectivity index (χ0v) is 7.42. The van der Waals surface area contributed by atoms with Gasteiger partial charge in [0, 0.05) is 5.02 Å². The van der Waals surface area contributed by atoms with Gasteiger partial charge in [-0.05, 0) is 12.1 Å². The van der Waals surface area contributed by atoms with Crippen molar-refractivity contribution in [1.29, 1.82) is 0 Å². The minimum Gasteiger partial charge on any atom is -0.375 e. The van der Waals surface area contributed by atoms with Gasteiger partial charge >= 0.3 is 0 Å². The van der Waals surface area contributed by atoms with Gasteiger partial charge in [0.05, 0.1) is 4.70 Å². The molecule has 0 aliphatic rings. The quantitative estimate of drug-likeness (QED) is 0.714. The molecule has 1 heterocycles. The number of nitrogens with two attached hydrogens (primary N) is 1. The maximum Gasteiger partial charge on any atom is 0.181 e. The Bertz CT molecular complexity index is 440. The molecule has 5 heteroatoms. The molecule has 2 N–H and O–H groups in total. The van der Waals surface area contributed by atoms with Crippen LogP contribution in [0.3, 0.4) is 0 Å². The van der Waals surface area contributed by atoms with Crippen molar-refractivity contribution in [3.63, 3.8) is 0 Å². The van der Waals surface area contributed by atoms with Crippen LogP contribution in [-0.2, 0) is 0 Å². The van der Waals surface area contributed by atoms with Crippen LogP contribution in [-0.4, -0.2) is 4.98 Å². The van der Waals surface area contributed by atoms with E-state index < -0.39 is 5.82 Å². The third-order valence-electron chi connectivity index (χ3n) is 1.43. The third kappa shape index (κ3) is 1.13. The average Bonchev–Trinajstić information content (AvgIpc) is 2.29. The van der Waals surface area contributed by atoms with Gasteiger partial charge in [-0.15, -0.1) is 0 Å². The summed E-state index contributed by atoms with van der Waals surface area (Å²) in [7, 11) is 0. The monoisotopic (exact) mass is 202 g/mol. The molecule has 0 saturated carbocycles. The molecule has 0 spiro atoms. The first-order valence-electron chi connectivity index (χ1n) is 3.18. The molecule has 62 valence electrons. The molecule has 0 fully saturated rings. The Morgan fingerprint density at radius 1 is 1.50 bits per heavy atom. The predicted octanol–water partition coefficient (Wildman–Crippen LogP) is 2.67. The zero-order chi connectivity index (χ0) is 8.72. The topological polar surface area (TPSA) is 38.9 Å². The predicted molar refractivity (Wildman–Crippen MR) is 49.0 cm³/mol. The van der Waals surface area contributed by atoms with E-state index >= 15 is 0 Å². The van der Waals surface area contributed by atoms with Crippen molar-refractivity contribution in [2.24, 2.45) is 0 Å². The van der Waals surface area contributed by atoms with E-state index in [1.165, 1.54) is 17.4 Å². The minimum atomic E-state index is -0.426. The van der Waals surface area contributed by atoms with Crippen molar-refractivity contribution in [1.82, 2.24) is 4.98 Å². The van der Waals surface area contributed by atoms with Gasteiger partial charge in [0.1, 0.15) is 5.52 Å². The molecule has 0 amide bonds. The second-order valence-corrected chi connectivity index (χ2v) is 3.79. The molecular formula is C7H4ClFN2S. The van der Waals surface area contributed by atoms with Crippen LogP contribution in [0.25, 0.3) is 10.2 Å². The van der Waals surface area contributed by atoms with E-state index in [-0.39, 0.29) is 0 Å². The first-order valence-corrected chi connectivity index (χ1v) is 4.37. The van der Waals surface area contributed by atoms with E-state index in [0.717, 1.165) is 0 Å². The number of aromatic nitrogens is 1. The summed E-state index contributed by atoms with van der Waals surface area (Å²) in [5, 5.41) is 0.717. The summed E-state index contributed by atoms with van der Waals surface area (Å²) in [4.78, 5) is 3.82. The van der Waals surface area contributed by atoms with Crippen molar-refractivity contribution in [3.8, 4) is 0 Å². The Morgan fingerprint density at radius 3 is 3.00 bits per heavy atom. The molecule has 0 bridgehead atoms. The maximum absolute atomic E-state index is 13.1. The number of nitrogens with zero attached hydrogens (tertiary/aromatic N) is 1. The molecule has 2 nitrogen and oxygen atoms in total. The average molecular weight is 203 g/mol. The van der Waals surface area contributed by atoms with Crippen LogP contribution >= 0.6 is 22.9 Å². The van der Waals surface area contributed by atoms with Gasteiger partial charge in [-0.3, -0.25) is 0 Å². The molecular weight excluding hydrogens is 199 g/mol. The number of anilines is 1. The standard InChI is InChI=1S/C7H4ClFN2S/c8-3-1-4(9)6-5(2-3)12-7(10)11-6/h1-2H,(H2,10,11). The number of halogens is 2. The maximum atomic E-state index is 13.1. The van der Waals surface area contributed by atoms with Crippen molar-refractivity contribution in [2.45, 2.75) is 0 Å². The fourth-order valence-corrected chi connectivity index (χ4v) is 2.03. The van der Waals surface area contributed by atoms with Crippen molar-refractivity contribution < 1.29 is 4.39 Å². The highest BCUT2D eigenvalue weighted by Gasteiger charge is 2.07. The van der Waals surface area contributed by atoms with Gasteiger partial charge in [0.15, 0.2) is 10.9 Å². The van der Waals surface area contributed by atoms with Gasteiger partial charge in [-0.1, -0.05) is 22.9 Å². The first kappa shape index (κ1) is 7.76. The number of benzene rings is 1. The Morgan fingerprint density at radius 2 is 2.25 bits per heavy atom. The Balaban J connectivity index is 2.88. The van der Waals surface area contributed by atoms with E-state index in [0.29, 0.717) is 20.4 Å². The fourth-order valence-electron chi connectivity index (χ4n) is 0.974. The van der Waals surface area contributed by atoms with Crippen molar-refractivity contribution in [2.75, 3.05) is 5.73 Å². The number of hydrogen-bond donors (Lipinski definition) is 1. The number of hydrogen-bond acceptors (Lipinski definition) is 3. The molecule has 2 rings (SSSR count). The van der Waals surface area contributed by atoms with Crippen LogP contribution in [0.4, 0.5) is 9.52 Å². The third-order valence-corrected chi connectivity index (χ3v) is 2.48. The smallest absolute Gasteiger partial charge is 0.181 e. The molecule has 0 saturated heterocycles. The summed E-state index contributed by atoms with van der Waals surface area (Å²) in [5.41, 5.74) is 5.70. The highest BCUT2D eigenvalue weighted by molar-refractivity contribution is 7.22. The second-order valence-electron chi connectivity index (χ2n) is 2.29. The summed E-state index contributed by atoms with van der Waals surface area (Å²) in [6.07, 6.45) is 0. The summed E-state index contributed by atoms with van der Waals surface area (Å²) in [6, 6.07) is 2.87. The second kappa shape index (κ2) is 2.57. The summed E-state index contributed by atoms with van der Waals surface area (Å²) in [5.74, 6) is -0.426. The summed E-state index contributed by atoms with van der Waals surface area (Å²) >= 11 is 6.85. The van der Waals surface area contributed by atoms with Crippen LogP contribution in [0.5, 0.6) is 0 Å². The normalized spacial score (nSPS) is 10.8. The highest BCUT2D eigenvalue weighted by Crippen LogP contribution is 2.28. The lowest BCUT2D eigenvalue weighted by Gasteiger charge is -1.90.